The van der Waals surface area contributed by atoms with Gasteiger partial charge in [0.15, 0.2) is 0 Å². The molecule has 1 unspecified atom stereocenters. The number of benzene rings is 1. The second kappa shape index (κ2) is 5.54. The van der Waals surface area contributed by atoms with Crippen molar-refractivity contribution in [2.24, 2.45) is 5.41 Å². The van der Waals surface area contributed by atoms with E-state index in [1.54, 1.807) is 26.8 Å². The molecule has 1 aromatic rings. The van der Waals surface area contributed by atoms with Crippen LogP contribution in [0.1, 0.15) is 26.3 Å². The topological polar surface area (TPSA) is 54.4 Å². The molecule has 0 amide bonds. The average Bonchev–Trinajstić information content (AvgIpc) is 2.28. The van der Waals surface area contributed by atoms with Gasteiger partial charge in [0, 0.05) is 6.42 Å². The van der Waals surface area contributed by atoms with Crippen LogP contribution in [0, 0.1) is 5.41 Å². The van der Waals surface area contributed by atoms with Crippen LogP contribution < -0.4 is 0 Å². The van der Waals surface area contributed by atoms with Crippen molar-refractivity contribution in [3.05, 3.63) is 29.8 Å². The summed E-state index contributed by atoms with van der Waals surface area (Å²) in [6.07, 6.45) is -0.799. The van der Waals surface area contributed by atoms with Gasteiger partial charge in [0.2, 0.25) is 9.84 Å². The Bertz CT molecular complexity index is 533. The van der Waals surface area contributed by atoms with Crippen LogP contribution in [-0.4, -0.2) is 25.4 Å². The van der Waals surface area contributed by atoms with Crippen LogP contribution in [0.15, 0.2) is 29.2 Å². The lowest BCUT2D eigenvalue weighted by Crippen LogP contribution is -2.29. The molecule has 0 heterocycles. The molecule has 0 spiro atoms. The highest BCUT2D eigenvalue weighted by Gasteiger charge is 2.31. The molecule has 6 heteroatoms. The van der Waals surface area contributed by atoms with Gasteiger partial charge in [-0.25, -0.2) is 8.42 Å². The highest BCUT2D eigenvalue weighted by molar-refractivity contribution is 7.91. The van der Waals surface area contributed by atoms with Gasteiger partial charge >= 0.3 is 5.76 Å². The van der Waals surface area contributed by atoms with Gasteiger partial charge < -0.3 is 5.11 Å². The van der Waals surface area contributed by atoms with Gasteiger partial charge in [0.25, 0.3) is 0 Å². The number of sulfone groups is 1. The second-order valence-electron chi connectivity index (χ2n) is 5.50. The molecule has 1 atom stereocenters. The summed E-state index contributed by atoms with van der Waals surface area (Å²) >= 11 is 0. The number of hydrogen-bond donors (Lipinski definition) is 1. The maximum Gasteiger partial charge on any atom is 0.341 e. The molecular formula is C13H18F2O3S. The fraction of sp³-hybridized carbons (Fsp3) is 0.538. The summed E-state index contributed by atoms with van der Waals surface area (Å²) in [7, 11) is -4.64. The lowest BCUT2D eigenvalue weighted by Gasteiger charge is -2.26. The summed E-state index contributed by atoms with van der Waals surface area (Å²) in [6.45, 7) is 5.38. The van der Waals surface area contributed by atoms with Crippen molar-refractivity contribution in [3.63, 3.8) is 0 Å². The van der Waals surface area contributed by atoms with Gasteiger partial charge in [-0.05, 0) is 17.0 Å². The van der Waals surface area contributed by atoms with Crippen LogP contribution in [0.2, 0.25) is 0 Å². The molecule has 0 aliphatic carbocycles. The Morgan fingerprint density at radius 2 is 1.74 bits per heavy atom. The van der Waals surface area contributed by atoms with E-state index >= 15 is 0 Å². The predicted octanol–water partition coefficient (Wildman–Crippen LogP) is 2.63. The zero-order valence-electron chi connectivity index (χ0n) is 11.1. The number of halogens is 2. The quantitative estimate of drug-likeness (QED) is 0.928. The van der Waals surface area contributed by atoms with Crippen LogP contribution in [0.3, 0.4) is 0 Å². The fourth-order valence-corrected chi connectivity index (χ4v) is 2.54. The summed E-state index contributed by atoms with van der Waals surface area (Å²) < 4.78 is 48.3. The Labute approximate surface area is 112 Å². The van der Waals surface area contributed by atoms with E-state index in [9.17, 15) is 22.3 Å². The lowest BCUT2D eigenvalue weighted by molar-refractivity contribution is 0.0630. The maximum atomic E-state index is 12.6. The van der Waals surface area contributed by atoms with Crippen molar-refractivity contribution in [2.75, 3.05) is 0 Å². The van der Waals surface area contributed by atoms with E-state index in [4.69, 9.17) is 0 Å². The molecule has 0 aliphatic rings. The molecule has 1 rings (SSSR count). The molecule has 0 aromatic heterocycles. The SMILES string of the molecule is CC(C)(C)C(O)Cc1ccccc1S(=O)(=O)C(F)F. The molecule has 19 heavy (non-hydrogen) atoms. The van der Waals surface area contributed by atoms with E-state index in [0.29, 0.717) is 0 Å². The molecule has 0 saturated heterocycles. The van der Waals surface area contributed by atoms with Gasteiger partial charge in [-0.3, -0.25) is 0 Å². The third-order valence-electron chi connectivity index (χ3n) is 2.93. The highest BCUT2D eigenvalue weighted by Crippen LogP contribution is 2.27. The van der Waals surface area contributed by atoms with Crippen molar-refractivity contribution in [1.29, 1.82) is 0 Å². The van der Waals surface area contributed by atoms with Crippen molar-refractivity contribution < 1.29 is 22.3 Å². The minimum absolute atomic E-state index is 0.0195. The first-order valence-corrected chi connectivity index (χ1v) is 7.39. The summed E-state index contributed by atoms with van der Waals surface area (Å²) in [5.41, 5.74) is -0.243. The van der Waals surface area contributed by atoms with E-state index in [1.807, 2.05) is 0 Å². The summed E-state index contributed by atoms with van der Waals surface area (Å²) in [4.78, 5) is -0.409. The normalized spacial score (nSPS) is 14.7. The van der Waals surface area contributed by atoms with Crippen molar-refractivity contribution in [3.8, 4) is 0 Å². The first-order chi connectivity index (χ1) is 8.56. The smallest absolute Gasteiger partial charge is 0.341 e. The van der Waals surface area contributed by atoms with Crippen molar-refractivity contribution >= 4 is 9.84 Å². The number of rotatable bonds is 4. The van der Waals surface area contributed by atoms with Crippen LogP contribution in [0.5, 0.6) is 0 Å². The number of alkyl halides is 2. The van der Waals surface area contributed by atoms with E-state index in [-0.39, 0.29) is 12.0 Å². The zero-order valence-corrected chi connectivity index (χ0v) is 11.9. The largest absolute Gasteiger partial charge is 0.392 e. The summed E-state index contributed by atoms with van der Waals surface area (Å²) in [5.74, 6) is -3.46. The molecule has 3 nitrogen and oxygen atoms in total. The third-order valence-corrected chi connectivity index (χ3v) is 4.41. The van der Waals surface area contributed by atoms with E-state index in [0.717, 1.165) is 6.07 Å². The van der Waals surface area contributed by atoms with E-state index in [1.165, 1.54) is 12.1 Å². The Morgan fingerprint density at radius 3 is 2.21 bits per heavy atom. The molecule has 108 valence electrons. The van der Waals surface area contributed by atoms with Gasteiger partial charge in [-0.2, -0.15) is 8.78 Å². The highest BCUT2D eigenvalue weighted by atomic mass is 32.2. The maximum absolute atomic E-state index is 12.6. The summed E-state index contributed by atoms with van der Waals surface area (Å²) in [5, 5.41) is 9.99. The molecule has 1 N–H and O–H groups in total. The molecular weight excluding hydrogens is 274 g/mol. The predicted molar refractivity (Wildman–Crippen MR) is 68.8 cm³/mol. The zero-order chi connectivity index (χ0) is 14.8. The first kappa shape index (κ1) is 16.0. The molecule has 0 saturated carbocycles. The van der Waals surface area contributed by atoms with Crippen LogP contribution >= 0.6 is 0 Å². The Kier molecular flexibility index (Phi) is 4.68. The molecule has 1 aromatic carbocycles. The van der Waals surface area contributed by atoms with Gasteiger partial charge in [0.1, 0.15) is 0 Å². The van der Waals surface area contributed by atoms with Gasteiger partial charge in [0.05, 0.1) is 11.0 Å². The molecule has 0 fully saturated rings. The Morgan fingerprint density at radius 1 is 1.21 bits per heavy atom. The Balaban J connectivity index is 3.18. The van der Waals surface area contributed by atoms with Crippen LogP contribution in [-0.2, 0) is 16.3 Å². The third kappa shape index (κ3) is 3.73. The van der Waals surface area contributed by atoms with Crippen LogP contribution in [0.25, 0.3) is 0 Å². The summed E-state index contributed by atoms with van der Waals surface area (Å²) in [6, 6.07) is 5.55. The fourth-order valence-electron chi connectivity index (χ4n) is 1.56. The van der Waals surface area contributed by atoms with Crippen molar-refractivity contribution in [1.82, 2.24) is 0 Å². The number of aliphatic hydroxyl groups is 1. The first-order valence-electron chi connectivity index (χ1n) is 5.85. The standard InChI is InChI=1S/C13H18F2O3S/c1-13(2,3)11(16)8-9-6-4-5-7-10(9)19(17,18)12(14)15/h4-7,11-12,16H,8H2,1-3H3. The van der Waals surface area contributed by atoms with E-state index < -0.39 is 32.0 Å². The molecule has 0 aliphatic heterocycles. The lowest BCUT2D eigenvalue weighted by atomic mass is 9.85. The van der Waals surface area contributed by atoms with Gasteiger partial charge in [-0.15, -0.1) is 0 Å². The van der Waals surface area contributed by atoms with Crippen molar-refractivity contribution in [2.45, 2.75) is 43.9 Å². The molecule has 0 radical (unpaired) electrons. The minimum Gasteiger partial charge on any atom is -0.392 e. The minimum atomic E-state index is -4.64. The van der Waals surface area contributed by atoms with Crippen LogP contribution in [0.4, 0.5) is 8.78 Å². The number of aliphatic hydroxyl groups excluding tert-OH is 1. The second-order valence-corrected chi connectivity index (χ2v) is 7.39. The molecule has 0 bridgehead atoms. The van der Waals surface area contributed by atoms with Gasteiger partial charge in [-0.1, -0.05) is 39.0 Å². The average molecular weight is 292 g/mol. The monoisotopic (exact) mass is 292 g/mol. The Hall–Kier alpha value is -1.01. The van der Waals surface area contributed by atoms with E-state index in [2.05, 4.69) is 0 Å². The number of hydrogen-bond acceptors (Lipinski definition) is 3.